The molecule has 0 saturated carbocycles. The second-order valence-electron chi connectivity index (χ2n) is 5.64. The predicted molar refractivity (Wildman–Crippen MR) is 93.4 cm³/mol. The first-order chi connectivity index (χ1) is 11.0. The van der Waals surface area contributed by atoms with Gasteiger partial charge in [0.2, 0.25) is 11.8 Å². The lowest BCUT2D eigenvalue weighted by Crippen LogP contribution is -2.45. The Morgan fingerprint density at radius 3 is 2.39 bits per heavy atom. The van der Waals surface area contributed by atoms with Gasteiger partial charge in [-0.2, -0.15) is 0 Å². The number of amides is 2. The van der Waals surface area contributed by atoms with E-state index in [1.165, 1.54) is 12.5 Å². The Kier molecular flexibility index (Phi) is 5.93. The largest absolute Gasteiger partial charge is 0.346 e. The van der Waals surface area contributed by atoms with Crippen LogP contribution >= 0.6 is 11.3 Å². The van der Waals surface area contributed by atoms with Crippen molar-refractivity contribution in [2.45, 2.75) is 39.3 Å². The number of carbonyl (C=O) groups excluding carboxylic acids is 2. The third-order valence-electron chi connectivity index (χ3n) is 3.63. The molecule has 122 valence electrons. The smallest absolute Gasteiger partial charge is 0.242 e. The van der Waals surface area contributed by atoms with E-state index in [1.807, 2.05) is 30.5 Å². The van der Waals surface area contributed by atoms with Crippen molar-refractivity contribution < 1.29 is 9.59 Å². The minimum absolute atomic E-state index is 0.0962. The van der Waals surface area contributed by atoms with Crippen LogP contribution in [0.1, 0.15) is 35.9 Å². The normalized spacial score (nSPS) is 13.2. The fourth-order valence-corrected chi connectivity index (χ4v) is 3.45. The van der Waals surface area contributed by atoms with E-state index in [-0.39, 0.29) is 17.9 Å². The van der Waals surface area contributed by atoms with Gasteiger partial charge in [0.05, 0.1) is 6.04 Å². The molecule has 5 heteroatoms. The summed E-state index contributed by atoms with van der Waals surface area (Å²) in [5.41, 5.74) is 2.33. The molecule has 2 N–H and O–H groups in total. The number of thiophene rings is 1. The molecule has 0 spiro atoms. The summed E-state index contributed by atoms with van der Waals surface area (Å²) in [5.74, 6) is -0.381. The predicted octanol–water partition coefficient (Wildman–Crippen LogP) is 2.98. The van der Waals surface area contributed by atoms with Gasteiger partial charge in [-0.25, -0.2) is 0 Å². The minimum Gasteiger partial charge on any atom is -0.346 e. The summed E-state index contributed by atoms with van der Waals surface area (Å²) in [7, 11) is 0. The zero-order valence-corrected chi connectivity index (χ0v) is 14.4. The third kappa shape index (κ3) is 4.93. The van der Waals surface area contributed by atoms with E-state index in [2.05, 4.69) is 28.8 Å². The summed E-state index contributed by atoms with van der Waals surface area (Å²) >= 11 is 1.64. The van der Waals surface area contributed by atoms with Crippen molar-refractivity contribution in [3.63, 3.8) is 0 Å². The van der Waals surface area contributed by atoms with Crippen molar-refractivity contribution in [2.24, 2.45) is 0 Å². The molecule has 0 bridgehead atoms. The van der Waals surface area contributed by atoms with E-state index in [0.717, 1.165) is 16.9 Å². The van der Waals surface area contributed by atoms with Gasteiger partial charge in [0.15, 0.2) is 0 Å². The molecule has 2 atom stereocenters. The van der Waals surface area contributed by atoms with Crippen molar-refractivity contribution in [3.05, 3.63) is 57.8 Å². The first kappa shape index (κ1) is 17.2. The van der Waals surface area contributed by atoms with Gasteiger partial charge in [0, 0.05) is 11.8 Å². The number of benzene rings is 1. The highest BCUT2D eigenvalue weighted by Crippen LogP contribution is 2.27. The number of rotatable bonds is 6. The summed E-state index contributed by atoms with van der Waals surface area (Å²) in [5, 5.41) is 7.73. The van der Waals surface area contributed by atoms with Crippen molar-refractivity contribution in [3.8, 4) is 0 Å². The molecule has 0 saturated heterocycles. The van der Waals surface area contributed by atoms with E-state index in [9.17, 15) is 9.59 Å². The Bertz CT molecular complexity index is 667. The fourth-order valence-electron chi connectivity index (χ4n) is 2.47. The van der Waals surface area contributed by atoms with E-state index < -0.39 is 6.04 Å². The molecule has 2 amide bonds. The quantitative estimate of drug-likeness (QED) is 0.855. The van der Waals surface area contributed by atoms with Gasteiger partial charge >= 0.3 is 0 Å². The van der Waals surface area contributed by atoms with Crippen LogP contribution in [0.5, 0.6) is 0 Å². The maximum absolute atomic E-state index is 12.4. The second-order valence-corrected chi connectivity index (χ2v) is 6.59. The molecule has 0 fully saturated rings. The van der Waals surface area contributed by atoms with Crippen LogP contribution in [0, 0.1) is 6.92 Å². The number of aryl methyl sites for hydroxylation is 1. The third-order valence-corrected chi connectivity index (χ3v) is 4.76. The van der Waals surface area contributed by atoms with Crippen molar-refractivity contribution in [1.82, 2.24) is 10.6 Å². The van der Waals surface area contributed by atoms with Crippen molar-refractivity contribution >= 4 is 23.2 Å². The molecule has 0 aliphatic heterocycles. The number of carbonyl (C=O) groups is 2. The molecule has 0 radical (unpaired) electrons. The van der Waals surface area contributed by atoms with Crippen LogP contribution in [0.2, 0.25) is 0 Å². The van der Waals surface area contributed by atoms with Crippen molar-refractivity contribution in [1.29, 1.82) is 0 Å². The first-order valence-electron chi connectivity index (χ1n) is 7.62. The maximum atomic E-state index is 12.4. The molecular formula is C18H22N2O2S. The molecule has 2 rings (SSSR count). The Balaban J connectivity index is 2.16. The average molecular weight is 330 g/mol. The Labute approximate surface area is 140 Å². The van der Waals surface area contributed by atoms with Gasteiger partial charge < -0.3 is 10.6 Å². The highest BCUT2D eigenvalue weighted by molar-refractivity contribution is 7.10. The Morgan fingerprint density at radius 1 is 1.13 bits per heavy atom. The van der Waals surface area contributed by atoms with Gasteiger partial charge in [0.1, 0.15) is 6.04 Å². The summed E-state index contributed by atoms with van der Waals surface area (Å²) in [6.07, 6.45) is 0.723. The van der Waals surface area contributed by atoms with E-state index in [0.29, 0.717) is 0 Å². The summed E-state index contributed by atoms with van der Waals surface area (Å²) in [4.78, 5) is 24.6. The monoisotopic (exact) mass is 330 g/mol. The van der Waals surface area contributed by atoms with Gasteiger partial charge in [-0.15, -0.1) is 11.3 Å². The van der Waals surface area contributed by atoms with E-state index >= 15 is 0 Å². The summed E-state index contributed by atoms with van der Waals surface area (Å²) in [6, 6.07) is 11.5. The molecule has 0 unspecified atom stereocenters. The van der Waals surface area contributed by atoms with E-state index in [4.69, 9.17) is 0 Å². The van der Waals surface area contributed by atoms with Crippen LogP contribution in [0.3, 0.4) is 0 Å². The molecule has 2 aromatic rings. The highest BCUT2D eigenvalue weighted by Gasteiger charge is 2.22. The molecular weight excluding hydrogens is 308 g/mol. The van der Waals surface area contributed by atoms with Crippen molar-refractivity contribution in [2.75, 3.05) is 0 Å². The van der Waals surface area contributed by atoms with Crippen LogP contribution in [0.15, 0.2) is 41.8 Å². The lowest BCUT2D eigenvalue weighted by atomic mass is 10.0. The lowest BCUT2D eigenvalue weighted by Gasteiger charge is -2.21. The molecule has 0 aliphatic rings. The topological polar surface area (TPSA) is 58.2 Å². The molecule has 1 aromatic heterocycles. The molecule has 4 nitrogen and oxygen atoms in total. The zero-order chi connectivity index (χ0) is 16.8. The van der Waals surface area contributed by atoms with E-state index in [1.54, 1.807) is 18.3 Å². The number of hydrogen-bond acceptors (Lipinski definition) is 3. The van der Waals surface area contributed by atoms with Crippen LogP contribution < -0.4 is 10.6 Å². The van der Waals surface area contributed by atoms with Crippen LogP contribution in [0.4, 0.5) is 0 Å². The standard InChI is InChI=1S/C18H22N2O2S/c1-12-9-10-23-17(12)16(11-15-7-5-4-6-8-15)20-18(22)13(2)19-14(3)21/h4-10,13,16H,11H2,1-3H3,(H,19,21)(H,20,22)/t13-,16+/m1/s1. The Hall–Kier alpha value is -2.14. The fraction of sp³-hybridized carbons (Fsp3) is 0.333. The number of hydrogen-bond donors (Lipinski definition) is 2. The van der Waals surface area contributed by atoms with Gasteiger partial charge in [-0.3, -0.25) is 9.59 Å². The molecule has 1 aromatic carbocycles. The number of nitrogens with one attached hydrogen (secondary N) is 2. The second kappa shape index (κ2) is 7.92. The maximum Gasteiger partial charge on any atom is 0.242 e. The van der Waals surface area contributed by atoms with Crippen LogP contribution in [0.25, 0.3) is 0 Å². The van der Waals surface area contributed by atoms with Gasteiger partial charge in [0.25, 0.3) is 0 Å². The molecule has 23 heavy (non-hydrogen) atoms. The highest BCUT2D eigenvalue weighted by atomic mass is 32.1. The van der Waals surface area contributed by atoms with Gasteiger partial charge in [-0.05, 0) is 42.8 Å². The zero-order valence-electron chi connectivity index (χ0n) is 13.6. The van der Waals surface area contributed by atoms with Gasteiger partial charge in [-0.1, -0.05) is 30.3 Å². The summed E-state index contributed by atoms with van der Waals surface area (Å²) in [6.45, 7) is 5.15. The summed E-state index contributed by atoms with van der Waals surface area (Å²) < 4.78 is 0. The first-order valence-corrected chi connectivity index (χ1v) is 8.50. The molecule has 0 aliphatic carbocycles. The Morgan fingerprint density at radius 2 is 1.83 bits per heavy atom. The lowest BCUT2D eigenvalue weighted by molar-refractivity contribution is -0.128. The average Bonchev–Trinajstić information content (AvgIpc) is 2.93. The van der Waals surface area contributed by atoms with Crippen LogP contribution in [-0.2, 0) is 16.0 Å². The van der Waals surface area contributed by atoms with Crippen LogP contribution in [-0.4, -0.2) is 17.9 Å². The molecule has 1 heterocycles. The minimum atomic E-state index is -0.550. The SMILES string of the molecule is CC(=O)N[C@H](C)C(=O)N[C@@H](Cc1ccccc1)c1sccc1C.